The second kappa shape index (κ2) is 8.51. The van der Waals surface area contributed by atoms with Crippen LogP contribution in [0.5, 0.6) is 0 Å². The lowest BCUT2D eigenvalue weighted by Crippen LogP contribution is -2.44. The summed E-state index contributed by atoms with van der Waals surface area (Å²) in [6.45, 7) is 5.88. The quantitative estimate of drug-likeness (QED) is 0.816. The fourth-order valence-electron chi connectivity index (χ4n) is 3.00. The molecule has 3 amide bonds. The van der Waals surface area contributed by atoms with E-state index in [1.807, 2.05) is 12.1 Å². The van der Waals surface area contributed by atoms with Gasteiger partial charge in [-0.3, -0.25) is 14.6 Å². The molecule has 0 bridgehead atoms. The van der Waals surface area contributed by atoms with Crippen LogP contribution in [0.15, 0.2) is 24.3 Å². The Morgan fingerprint density at radius 2 is 1.84 bits per heavy atom. The molecule has 1 aromatic rings. The van der Waals surface area contributed by atoms with E-state index < -0.39 is 0 Å². The molecule has 0 unspecified atom stereocenters. The van der Waals surface area contributed by atoms with Gasteiger partial charge in [-0.1, -0.05) is 11.6 Å². The molecule has 1 aromatic carbocycles. The van der Waals surface area contributed by atoms with Gasteiger partial charge < -0.3 is 15.0 Å². The lowest BCUT2D eigenvalue weighted by molar-refractivity contribution is -0.121. The maximum atomic E-state index is 12.5. The summed E-state index contributed by atoms with van der Waals surface area (Å²) in [4.78, 5) is 30.0. The zero-order chi connectivity index (χ0) is 17.6. The highest BCUT2D eigenvalue weighted by atomic mass is 35.5. The third-order valence-corrected chi connectivity index (χ3v) is 4.67. The Labute approximate surface area is 152 Å². The first kappa shape index (κ1) is 18.0. The fraction of sp³-hybridized carbons (Fsp3) is 0.529. The molecule has 7 nitrogen and oxygen atoms in total. The van der Waals surface area contributed by atoms with Gasteiger partial charge in [0.1, 0.15) is 6.54 Å². The highest BCUT2D eigenvalue weighted by molar-refractivity contribution is 6.30. The van der Waals surface area contributed by atoms with Crippen molar-refractivity contribution in [2.75, 3.05) is 63.9 Å². The Kier molecular flexibility index (Phi) is 6.12. The zero-order valence-corrected chi connectivity index (χ0v) is 14.9. The Morgan fingerprint density at radius 3 is 2.56 bits per heavy atom. The highest BCUT2D eigenvalue weighted by Crippen LogP contribution is 2.22. The van der Waals surface area contributed by atoms with Crippen molar-refractivity contribution >= 4 is 29.2 Å². The van der Waals surface area contributed by atoms with Crippen LogP contribution in [0.4, 0.5) is 10.5 Å². The van der Waals surface area contributed by atoms with Crippen LogP contribution < -0.4 is 10.2 Å². The molecule has 0 aromatic heterocycles. The summed E-state index contributed by atoms with van der Waals surface area (Å²) < 4.78 is 5.30. The molecule has 0 saturated carbocycles. The van der Waals surface area contributed by atoms with Crippen molar-refractivity contribution in [2.24, 2.45) is 0 Å². The number of morpholine rings is 1. The lowest BCUT2D eigenvalue weighted by Gasteiger charge is -2.26. The number of carbonyl (C=O) groups is 2. The minimum absolute atomic E-state index is 0.0893. The molecule has 3 rings (SSSR count). The van der Waals surface area contributed by atoms with E-state index >= 15 is 0 Å². The van der Waals surface area contributed by atoms with Gasteiger partial charge in [0.25, 0.3) is 0 Å². The van der Waals surface area contributed by atoms with Gasteiger partial charge >= 0.3 is 6.03 Å². The smallest absolute Gasteiger partial charge is 0.325 e. The van der Waals surface area contributed by atoms with Gasteiger partial charge in [-0.15, -0.1) is 0 Å². The monoisotopic (exact) mass is 366 g/mol. The normalized spacial score (nSPS) is 18.7. The second-order valence-electron chi connectivity index (χ2n) is 6.14. The first-order chi connectivity index (χ1) is 12.1. The van der Waals surface area contributed by atoms with Crippen LogP contribution in [-0.2, 0) is 9.53 Å². The number of halogens is 1. The molecule has 0 radical (unpaired) electrons. The van der Waals surface area contributed by atoms with E-state index in [-0.39, 0.29) is 18.5 Å². The molecule has 0 aliphatic carbocycles. The Morgan fingerprint density at radius 1 is 1.12 bits per heavy atom. The summed E-state index contributed by atoms with van der Waals surface area (Å²) in [6.07, 6.45) is 0. The van der Waals surface area contributed by atoms with E-state index in [1.165, 1.54) is 0 Å². The van der Waals surface area contributed by atoms with Crippen LogP contribution in [0.1, 0.15) is 0 Å². The molecule has 2 fully saturated rings. The summed E-state index contributed by atoms with van der Waals surface area (Å²) in [5, 5.41) is 3.52. The molecule has 0 atom stereocenters. The number of amides is 3. The van der Waals surface area contributed by atoms with Crippen LogP contribution in [0.25, 0.3) is 0 Å². The van der Waals surface area contributed by atoms with Crippen molar-refractivity contribution in [3.8, 4) is 0 Å². The van der Waals surface area contributed by atoms with Crippen LogP contribution in [0.2, 0.25) is 5.02 Å². The first-order valence-electron chi connectivity index (χ1n) is 8.52. The molecule has 2 heterocycles. The van der Waals surface area contributed by atoms with Crippen molar-refractivity contribution in [3.05, 3.63) is 29.3 Å². The molecule has 2 saturated heterocycles. The van der Waals surface area contributed by atoms with E-state index in [9.17, 15) is 9.59 Å². The van der Waals surface area contributed by atoms with E-state index in [1.54, 1.807) is 21.9 Å². The number of hydrogen-bond acceptors (Lipinski definition) is 4. The number of anilines is 1. The molecule has 136 valence electrons. The van der Waals surface area contributed by atoms with Gasteiger partial charge in [-0.2, -0.15) is 0 Å². The zero-order valence-electron chi connectivity index (χ0n) is 14.1. The maximum Gasteiger partial charge on any atom is 0.325 e. The number of ether oxygens (including phenoxy) is 1. The number of rotatable bonds is 6. The average Bonchev–Trinajstić information content (AvgIpc) is 2.97. The fourth-order valence-corrected chi connectivity index (χ4v) is 3.12. The Balaban J connectivity index is 1.42. The standard InChI is InChI=1S/C17H23ClN4O3/c18-14-1-3-15(4-2-14)22-8-7-21(17(22)24)13-16(23)19-5-6-20-9-11-25-12-10-20/h1-4H,5-13H2,(H,19,23). The van der Waals surface area contributed by atoms with Gasteiger partial charge in [0, 0.05) is 50.0 Å². The van der Waals surface area contributed by atoms with E-state index in [2.05, 4.69) is 10.2 Å². The first-order valence-corrected chi connectivity index (χ1v) is 8.90. The minimum atomic E-state index is -0.148. The summed E-state index contributed by atoms with van der Waals surface area (Å²) in [7, 11) is 0. The molecule has 0 spiro atoms. The predicted molar refractivity (Wildman–Crippen MR) is 96.0 cm³/mol. The SMILES string of the molecule is O=C(CN1CCN(c2ccc(Cl)cc2)C1=O)NCCN1CCOCC1. The van der Waals surface area contributed by atoms with E-state index in [0.717, 1.165) is 38.5 Å². The van der Waals surface area contributed by atoms with Crippen molar-refractivity contribution < 1.29 is 14.3 Å². The third-order valence-electron chi connectivity index (χ3n) is 4.42. The highest BCUT2D eigenvalue weighted by Gasteiger charge is 2.30. The van der Waals surface area contributed by atoms with Crippen molar-refractivity contribution in [1.29, 1.82) is 0 Å². The van der Waals surface area contributed by atoms with Crippen LogP contribution in [0.3, 0.4) is 0 Å². The molecule has 25 heavy (non-hydrogen) atoms. The number of nitrogens with one attached hydrogen (secondary N) is 1. The number of benzene rings is 1. The van der Waals surface area contributed by atoms with Crippen LogP contribution in [-0.4, -0.2) is 80.8 Å². The summed E-state index contributed by atoms with van der Waals surface area (Å²) in [5.74, 6) is -0.125. The largest absolute Gasteiger partial charge is 0.379 e. The molecule has 2 aliphatic rings. The Bertz CT molecular complexity index is 604. The second-order valence-corrected chi connectivity index (χ2v) is 6.57. The summed E-state index contributed by atoms with van der Waals surface area (Å²) in [5.41, 5.74) is 0.796. The van der Waals surface area contributed by atoms with E-state index in [4.69, 9.17) is 16.3 Å². The number of carbonyl (C=O) groups excluding carboxylic acids is 2. The van der Waals surface area contributed by atoms with Crippen molar-refractivity contribution in [1.82, 2.24) is 15.1 Å². The van der Waals surface area contributed by atoms with Gasteiger partial charge in [0.05, 0.1) is 13.2 Å². The molecule has 2 aliphatic heterocycles. The summed E-state index contributed by atoms with van der Waals surface area (Å²) >= 11 is 5.88. The van der Waals surface area contributed by atoms with Crippen LogP contribution >= 0.6 is 11.6 Å². The summed E-state index contributed by atoms with van der Waals surface area (Å²) in [6, 6.07) is 6.99. The topological polar surface area (TPSA) is 65.1 Å². The molecule has 1 N–H and O–H groups in total. The van der Waals surface area contributed by atoms with Gasteiger partial charge in [-0.05, 0) is 24.3 Å². The molecular formula is C17H23ClN4O3. The predicted octanol–water partition coefficient (Wildman–Crippen LogP) is 1.03. The number of nitrogens with zero attached hydrogens (tertiary/aromatic N) is 3. The number of hydrogen-bond donors (Lipinski definition) is 1. The minimum Gasteiger partial charge on any atom is -0.379 e. The Hall–Kier alpha value is -1.83. The number of urea groups is 1. The lowest BCUT2D eigenvalue weighted by atomic mass is 10.3. The molecule has 8 heteroatoms. The third kappa shape index (κ3) is 4.84. The van der Waals surface area contributed by atoms with Gasteiger partial charge in [0.2, 0.25) is 5.91 Å². The van der Waals surface area contributed by atoms with E-state index in [0.29, 0.717) is 24.7 Å². The van der Waals surface area contributed by atoms with Gasteiger partial charge in [0.15, 0.2) is 0 Å². The van der Waals surface area contributed by atoms with Crippen molar-refractivity contribution in [3.63, 3.8) is 0 Å². The van der Waals surface area contributed by atoms with Gasteiger partial charge in [-0.25, -0.2) is 4.79 Å². The molecular weight excluding hydrogens is 344 g/mol. The maximum absolute atomic E-state index is 12.5. The average molecular weight is 367 g/mol. The van der Waals surface area contributed by atoms with Crippen molar-refractivity contribution in [2.45, 2.75) is 0 Å². The van der Waals surface area contributed by atoms with Crippen LogP contribution in [0, 0.1) is 0 Å².